The van der Waals surface area contributed by atoms with Crippen LogP contribution in [0.15, 0.2) is 48.5 Å². The van der Waals surface area contributed by atoms with Gasteiger partial charge in [0.15, 0.2) is 0 Å². The van der Waals surface area contributed by atoms with Crippen molar-refractivity contribution in [3.63, 3.8) is 0 Å². The van der Waals surface area contributed by atoms with Gasteiger partial charge in [0.05, 0.1) is 7.11 Å². The van der Waals surface area contributed by atoms with Gasteiger partial charge in [0, 0.05) is 37.1 Å². The van der Waals surface area contributed by atoms with Crippen molar-refractivity contribution in [2.75, 3.05) is 25.5 Å². The molecule has 6 heteroatoms. The molecule has 0 fully saturated rings. The summed E-state index contributed by atoms with van der Waals surface area (Å²) in [6.07, 6.45) is 0.953. The molecule has 1 N–H and O–H groups in total. The van der Waals surface area contributed by atoms with E-state index in [-0.39, 0.29) is 18.2 Å². The number of carbonyl (C=O) groups is 2. The Morgan fingerprint density at radius 3 is 2.46 bits per heavy atom. The number of carbonyl (C=O) groups excluding carboxylic acids is 2. The predicted molar refractivity (Wildman–Crippen MR) is 104 cm³/mol. The molecule has 0 spiro atoms. The fourth-order valence-electron chi connectivity index (χ4n) is 2.51. The average Bonchev–Trinajstić information content (AvgIpc) is 2.62. The van der Waals surface area contributed by atoms with Crippen molar-refractivity contribution in [1.29, 1.82) is 0 Å². The van der Waals surface area contributed by atoms with Crippen LogP contribution < -0.4 is 10.1 Å². The Hall–Kier alpha value is -2.53. The van der Waals surface area contributed by atoms with Crippen molar-refractivity contribution in [3.05, 3.63) is 59.1 Å². The molecule has 0 atom stereocenters. The van der Waals surface area contributed by atoms with E-state index >= 15 is 0 Å². The lowest BCUT2D eigenvalue weighted by molar-refractivity contribution is -0.129. The van der Waals surface area contributed by atoms with Gasteiger partial charge in [-0.05, 0) is 42.3 Å². The summed E-state index contributed by atoms with van der Waals surface area (Å²) in [5.41, 5.74) is 1.76. The van der Waals surface area contributed by atoms with Gasteiger partial charge in [-0.15, -0.1) is 0 Å². The van der Waals surface area contributed by atoms with Crippen molar-refractivity contribution < 1.29 is 14.3 Å². The number of methoxy groups -OCH3 is 1. The van der Waals surface area contributed by atoms with E-state index in [1.807, 2.05) is 24.3 Å². The summed E-state index contributed by atoms with van der Waals surface area (Å²) in [6.45, 7) is 2.45. The van der Waals surface area contributed by atoms with E-state index in [2.05, 4.69) is 5.32 Å². The minimum Gasteiger partial charge on any atom is -0.497 e. The van der Waals surface area contributed by atoms with Crippen LogP contribution in [0.25, 0.3) is 0 Å². The van der Waals surface area contributed by atoms with Gasteiger partial charge in [-0.25, -0.2) is 0 Å². The molecule has 0 bridgehead atoms. The Balaban J connectivity index is 1.83. The maximum atomic E-state index is 12.1. The van der Waals surface area contributed by atoms with Gasteiger partial charge in [-0.2, -0.15) is 0 Å². The van der Waals surface area contributed by atoms with Gasteiger partial charge in [0.1, 0.15) is 5.75 Å². The fraction of sp³-hybridized carbons (Fsp3) is 0.300. The van der Waals surface area contributed by atoms with Crippen LogP contribution in [-0.4, -0.2) is 36.9 Å². The molecule has 26 heavy (non-hydrogen) atoms. The van der Waals surface area contributed by atoms with Gasteiger partial charge in [-0.1, -0.05) is 29.8 Å². The third-order valence-electron chi connectivity index (χ3n) is 3.99. The van der Waals surface area contributed by atoms with Gasteiger partial charge in [0.2, 0.25) is 11.8 Å². The Bertz CT molecular complexity index is 747. The van der Waals surface area contributed by atoms with E-state index < -0.39 is 0 Å². The SMILES string of the molecule is COc1ccc(CCN(CCC(=O)Nc2cccc(Cl)c2)C(C)=O)cc1. The fourth-order valence-corrected chi connectivity index (χ4v) is 2.70. The lowest BCUT2D eigenvalue weighted by Crippen LogP contribution is -2.33. The number of amides is 2. The van der Waals surface area contributed by atoms with E-state index in [1.54, 1.807) is 36.3 Å². The smallest absolute Gasteiger partial charge is 0.226 e. The number of anilines is 1. The first-order valence-electron chi connectivity index (χ1n) is 8.42. The number of hydrogen-bond acceptors (Lipinski definition) is 3. The molecule has 0 radical (unpaired) electrons. The largest absolute Gasteiger partial charge is 0.497 e. The maximum absolute atomic E-state index is 12.1. The second-order valence-corrected chi connectivity index (χ2v) is 6.35. The van der Waals surface area contributed by atoms with Crippen LogP contribution in [0.3, 0.4) is 0 Å². The van der Waals surface area contributed by atoms with Gasteiger partial charge < -0.3 is 15.0 Å². The zero-order chi connectivity index (χ0) is 18.9. The summed E-state index contributed by atoms with van der Waals surface area (Å²) < 4.78 is 5.14. The highest BCUT2D eigenvalue weighted by molar-refractivity contribution is 6.30. The topological polar surface area (TPSA) is 58.6 Å². The van der Waals surface area contributed by atoms with Crippen LogP contribution in [0.2, 0.25) is 5.02 Å². The number of benzene rings is 2. The zero-order valence-electron chi connectivity index (χ0n) is 15.0. The average molecular weight is 375 g/mol. The van der Waals surface area contributed by atoms with Gasteiger partial charge in [0.25, 0.3) is 0 Å². The molecular formula is C20H23ClN2O3. The molecule has 2 aromatic rings. The van der Waals surface area contributed by atoms with Crippen LogP contribution >= 0.6 is 11.6 Å². The number of hydrogen-bond donors (Lipinski definition) is 1. The minimum atomic E-state index is -0.150. The standard InChI is InChI=1S/C20H23ClN2O3/c1-15(24)23(12-10-16-6-8-19(26-2)9-7-16)13-11-20(25)22-18-5-3-4-17(21)14-18/h3-9,14H,10-13H2,1-2H3,(H,22,25). The molecule has 2 amide bonds. The lowest BCUT2D eigenvalue weighted by atomic mass is 10.1. The van der Waals surface area contributed by atoms with Crippen molar-refractivity contribution >= 4 is 29.1 Å². The number of nitrogens with one attached hydrogen (secondary N) is 1. The second-order valence-electron chi connectivity index (χ2n) is 5.91. The summed E-state index contributed by atoms with van der Waals surface area (Å²) in [5, 5.41) is 3.35. The summed E-state index contributed by atoms with van der Waals surface area (Å²) >= 11 is 5.90. The number of ether oxygens (including phenoxy) is 1. The summed E-state index contributed by atoms with van der Waals surface area (Å²) in [4.78, 5) is 25.6. The van der Waals surface area contributed by atoms with Crippen molar-refractivity contribution in [2.24, 2.45) is 0 Å². The third-order valence-corrected chi connectivity index (χ3v) is 4.23. The molecule has 0 saturated heterocycles. The number of nitrogens with zero attached hydrogens (tertiary/aromatic N) is 1. The maximum Gasteiger partial charge on any atom is 0.226 e. The zero-order valence-corrected chi connectivity index (χ0v) is 15.8. The molecule has 138 valence electrons. The molecule has 2 rings (SSSR count). The van der Waals surface area contributed by atoms with Crippen molar-refractivity contribution in [2.45, 2.75) is 19.8 Å². The number of rotatable bonds is 8. The lowest BCUT2D eigenvalue weighted by Gasteiger charge is -2.21. The van der Waals surface area contributed by atoms with Gasteiger partial charge in [-0.3, -0.25) is 9.59 Å². The highest BCUT2D eigenvalue weighted by Gasteiger charge is 2.12. The Kier molecular flexibility index (Phi) is 7.48. The molecule has 0 saturated carbocycles. The van der Waals surface area contributed by atoms with E-state index in [0.717, 1.165) is 17.7 Å². The first-order valence-corrected chi connectivity index (χ1v) is 8.79. The van der Waals surface area contributed by atoms with E-state index in [4.69, 9.17) is 16.3 Å². The Morgan fingerprint density at radius 2 is 1.85 bits per heavy atom. The van der Waals surface area contributed by atoms with Crippen LogP contribution in [-0.2, 0) is 16.0 Å². The Labute approximate surface area is 158 Å². The first-order chi connectivity index (χ1) is 12.5. The van der Waals surface area contributed by atoms with Crippen molar-refractivity contribution in [1.82, 2.24) is 4.90 Å². The molecule has 5 nitrogen and oxygen atoms in total. The van der Waals surface area contributed by atoms with E-state index in [0.29, 0.717) is 23.8 Å². The van der Waals surface area contributed by atoms with Crippen LogP contribution in [0.1, 0.15) is 18.9 Å². The third kappa shape index (κ3) is 6.41. The monoisotopic (exact) mass is 374 g/mol. The minimum absolute atomic E-state index is 0.0472. The van der Waals surface area contributed by atoms with Crippen LogP contribution in [0.4, 0.5) is 5.69 Å². The predicted octanol–water partition coefficient (Wildman–Crippen LogP) is 3.77. The van der Waals surface area contributed by atoms with Gasteiger partial charge >= 0.3 is 0 Å². The molecule has 0 aromatic heterocycles. The first kappa shape index (κ1) is 19.8. The molecule has 0 aliphatic rings. The molecule has 0 unspecified atom stereocenters. The highest BCUT2D eigenvalue weighted by Crippen LogP contribution is 2.15. The summed E-state index contributed by atoms with van der Waals surface area (Å²) in [5.74, 6) is 0.604. The highest BCUT2D eigenvalue weighted by atomic mass is 35.5. The normalized spacial score (nSPS) is 10.3. The molecule has 0 aliphatic heterocycles. The molecular weight excluding hydrogens is 352 g/mol. The molecule has 0 heterocycles. The molecule has 0 aliphatic carbocycles. The summed E-state index contributed by atoms with van der Waals surface area (Å²) in [6, 6.07) is 14.7. The molecule has 2 aromatic carbocycles. The van der Waals surface area contributed by atoms with E-state index in [1.165, 1.54) is 6.92 Å². The summed E-state index contributed by atoms with van der Waals surface area (Å²) in [7, 11) is 1.63. The second kappa shape index (κ2) is 9.82. The Morgan fingerprint density at radius 1 is 1.12 bits per heavy atom. The van der Waals surface area contributed by atoms with Crippen LogP contribution in [0.5, 0.6) is 5.75 Å². The quantitative estimate of drug-likeness (QED) is 0.765. The van der Waals surface area contributed by atoms with Crippen molar-refractivity contribution in [3.8, 4) is 5.75 Å². The van der Waals surface area contributed by atoms with E-state index in [9.17, 15) is 9.59 Å². The number of halogens is 1. The van der Waals surface area contributed by atoms with Crippen LogP contribution in [0, 0.1) is 0 Å².